The van der Waals surface area contributed by atoms with Gasteiger partial charge in [-0.3, -0.25) is 0 Å². The van der Waals surface area contributed by atoms with E-state index in [2.05, 4.69) is 22.3 Å². The molecule has 0 aromatic heterocycles. The number of rotatable bonds is 1. The first kappa shape index (κ1) is 10.7. The molecule has 3 nitrogen and oxygen atoms in total. The molecule has 0 atom stereocenters. The summed E-state index contributed by atoms with van der Waals surface area (Å²) < 4.78 is 8.46. The van der Waals surface area contributed by atoms with Crippen molar-refractivity contribution < 1.29 is 14.3 Å². The summed E-state index contributed by atoms with van der Waals surface area (Å²) in [4.78, 5) is 9.97. The highest BCUT2D eigenvalue weighted by Crippen LogP contribution is 1.77. The molecule has 52 valence electrons. The van der Waals surface area contributed by atoms with Gasteiger partial charge in [0, 0.05) is 0 Å². The predicted octanol–water partition coefficient (Wildman–Crippen LogP) is 1.04. The van der Waals surface area contributed by atoms with Gasteiger partial charge in [-0.15, -0.1) is 12.8 Å². The first-order valence-corrected chi connectivity index (χ1v) is 2.35. The topological polar surface area (TPSA) is 35.5 Å². The minimum Gasteiger partial charge on any atom is -0.438 e. The number of terminal acetylenes is 1. The number of hydrogen-bond acceptors (Lipinski definition) is 3. The number of carbonyl (C=O) groups excluding carboxylic acids is 1. The second-order valence-corrected chi connectivity index (χ2v) is 0.887. The molecule has 0 unspecified atom stereocenters. The molecule has 0 aromatic rings. The van der Waals surface area contributed by atoms with Gasteiger partial charge in [-0.25, -0.2) is 4.79 Å². The Morgan fingerprint density at radius 3 is 2.11 bits per heavy atom. The molecule has 0 heterocycles. The van der Waals surface area contributed by atoms with Crippen LogP contribution in [0.1, 0.15) is 6.92 Å². The van der Waals surface area contributed by atoms with Gasteiger partial charge < -0.3 is 9.47 Å². The van der Waals surface area contributed by atoms with E-state index in [-0.39, 0.29) is 0 Å². The molecule has 0 aliphatic carbocycles. The summed E-state index contributed by atoms with van der Waals surface area (Å²) in [6, 6.07) is 0. The molecule has 0 saturated carbocycles. The van der Waals surface area contributed by atoms with Crippen molar-refractivity contribution in [3.8, 4) is 12.8 Å². The van der Waals surface area contributed by atoms with Gasteiger partial charge >= 0.3 is 6.16 Å². The minimum absolute atomic E-state index is 0.368. The third-order valence-corrected chi connectivity index (χ3v) is 0.429. The third kappa shape index (κ3) is 10.9. The van der Waals surface area contributed by atoms with E-state index in [1.807, 2.05) is 0 Å². The highest BCUT2D eigenvalue weighted by Gasteiger charge is 1.92. The van der Waals surface area contributed by atoms with Crippen molar-refractivity contribution in [3.63, 3.8) is 0 Å². The minimum atomic E-state index is -0.623. The Hall–Kier alpha value is -1.17. The van der Waals surface area contributed by atoms with Gasteiger partial charge in [0.1, 0.15) is 0 Å². The summed E-state index contributed by atoms with van der Waals surface area (Å²) >= 11 is 0. The molecule has 0 fully saturated rings. The van der Waals surface area contributed by atoms with Crippen LogP contribution in [-0.2, 0) is 9.47 Å². The second kappa shape index (κ2) is 9.95. The summed E-state index contributed by atoms with van der Waals surface area (Å²) in [6.07, 6.45) is 7.38. The highest BCUT2D eigenvalue weighted by atomic mass is 16.7. The first-order valence-electron chi connectivity index (χ1n) is 2.35. The number of carbonyl (C=O) groups is 1. The van der Waals surface area contributed by atoms with Crippen LogP contribution in [-0.4, -0.2) is 19.9 Å². The van der Waals surface area contributed by atoms with Crippen LogP contribution < -0.4 is 0 Å². The van der Waals surface area contributed by atoms with Gasteiger partial charge in [-0.1, -0.05) is 0 Å². The second-order valence-electron chi connectivity index (χ2n) is 0.887. The normalized spacial score (nSPS) is 6.22. The molecule has 0 aliphatic rings. The molecule has 0 saturated heterocycles. The molecule has 0 aromatic carbocycles. The molecular formula is C6H10O3. The fourth-order valence-electron chi connectivity index (χ4n) is 0.177. The maximum atomic E-state index is 9.97. The molecule has 0 rings (SSSR count). The van der Waals surface area contributed by atoms with E-state index in [1.54, 1.807) is 6.92 Å². The van der Waals surface area contributed by atoms with Crippen LogP contribution in [0, 0.1) is 12.8 Å². The van der Waals surface area contributed by atoms with Crippen molar-refractivity contribution in [2.24, 2.45) is 0 Å². The van der Waals surface area contributed by atoms with Crippen molar-refractivity contribution in [2.75, 3.05) is 13.7 Å². The molecule has 3 heteroatoms. The van der Waals surface area contributed by atoms with E-state index < -0.39 is 6.16 Å². The van der Waals surface area contributed by atoms with Gasteiger partial charge in [0.2, 0.25) is 0 Å². The molecular weight excluding hydrogens is 120 g/mol. The van der Waals surface area contributed by atoms with Crippen LogP contribution in [0.4, 0.5) is 4.79 Å². The average Bonchev–Trinajstić information content (AvgIpc) is 1.93. The zero-order valence-corrected chi connectivity index (χ0v) is 5.59. The largest absolute Gasteiger partial charge is 0.507 e. The van der Waals surface area contributed by atoms with Gasteiger partial charge in [0.25, 0.3) is 0 Å². The Morgan fingerprint density at radius 1 is 1.56 bits per heavy atom. The quantitative estimate of drug-likeness (QED) is 0.393. The van der Waals surface area contributed by atoms with Crippen LogP contribution >= 0.6 is 0 Å². The summed E-state index contributed by atoms with van der Waals surface area (Å²) in [6.45, 7) is 2.09. The van der Waals surface area contributed by atoms with Gasteiger partial charge in [-0.2, -0.15) is 0 Å². The Morgan fingerprint density at radius 2 is 2.00 bits per heavy atom. The number of methoxy groups -OCH3 is 1. The molecule has 0 N–H and O–H groups in total. The molecule has 0 amide bonds. The molecule has 0 bridgehead atoms. The smallest absolute Gasteiger partial charge is 0.438 e. The summed E-state index contributed by atoms with van der Waals surface area (Å²) in [7, 11) is 1.28. The molecule has 0 aliphatic heterocycles. The monoisotopic (exact) mass is 130 g/mol. The lowest BCUT2D eigenvalue weighted by molar-refractivity contribution is 0.0771. The van der Waals surface area contributed by atoms with E-state index in [9.17, 15) is 4.79 Å². The van der Waals surface area contributed by atoms with E-state index in [1.165, 1.54) is 7.11 Å². The molecule has 0 radical (unpaired) electrons. The van der Waals surface area contributed by atoms with Crippen molar-refractivity contribution >= 4 is 6.16 Å². The Balaban J connectivity index is 0. The Bertz CT molecular complexity index is 85.5. The number of ether oxygens (including phenoxy) is 2. The van der Waals surface area contributed by atoms with Crippen LogP contribution in [0.25, 0.3) is 0 Å². The third-order valence-electron chi connectivity index (χ3n) is 0.429. The predicted molar refractivity (Wildman–Crippen MR) is 33.9 cm³/mol. The summed E-state index contributed by atoms with van der Waals surface area (Å²) in [5, 5.41) is 0. The van der Waals surface area contributed by atoms with Crippen molar-refractivity contribution in [2.45, 2.75) is 6.92 Å². The van der Waals surface area contributed by atoms with E-state index in [0.29, 0.717) is 6.61 Å². The van der Waals surface area contributed by atoms with Crippen molar-refractivity contribution in [1.82, 2.24) is 0 Å². The van der Waals surface area contributed by atoms with Gasteiger partial charge in [0.05, 0.1) is 13.7 Å². The van der Waals surface area contributed by atoms with E-state index in [0.717, 1.165) is 0 Å². The molecule has 9 heavy (non-hydrogen) atoms. The standard InChI is InChI=1S/C4H8O3.C2H2/c1-3-7-4(5)6-2;1-2/h3H2,1-2H3;1-2H. The SMILES string of the molecule is C#C.CCOC(=O)OC. The van der Waals surface area contributed by atoms with E-state index >= 15 is 0 Å². The summed E-state index contributed by atoms with van der Waals surface area (Å²) in [5.41, 5.74) is 0. The zero-order valence-electron chi connectivity index (χ0n) is 5.59. The lowest BCUT2D eigenvalue weighted by Gasteiger charge is -1.94. The first-order chi connectivity index (χ1) is 4.31. The Kier molecular flexibility index (Phi) is 11.9. The number of hydrogen-bond donors (Lipinski definition) is 0. The van der Waals surface area contributed by atoms with Crippen LogP contribution in [0.3, 0.4) is 0 Å². The van der Waals surface area contributed by atoms with Gasteiger partial charge in [0.15, 0.2) is 0 Å². The fourth-order valence-corrected chi connectivity index (χ4v) is 0.177. The fraction of sp³-hybridized carbons (Fsp3) is 0.500. The van der Waals surface area contributed by atoms with E-state index in [4.69, 9.17) is 0 Å². The van der Waals surface area contributed by atoms with Crippen LogP contribution in [0.15, 0.2) is 0 Å². The van der Waals surface area contributed by atoms with Crippen LogP contribution in [0.2, 0.25) is 0 Å². The highest BCUT2D eigenvalue weighted by molar-refractivity contribution is 5.59. The van der Waals surface area contributed by atoms with Gasteiger partial charge in [-0.05, 0) is 6.92 Å². The zero-order chi connectivity index (χ0) is 7.70. The maximum absolute atomic E-state index is 9.97. The summed E-state index contributed by atoms with van der Waals surface area (Å²) in [5.74, 6) is 0. The lowest BCUT2D eigenvalue weighted by Crippen LogP contribution is -2.02. The molecule has 0 spiro atoms. The van der Waals surface area contributed by atoms with Crippen LogP contribution in [0.5, 0.6) is 0 Å². The van der Waals surface area contributed by atoms with Crippen molar-refractivity contribution in [1.29, 1.82) is 0 Å². The Labute approximate surface area is 55.0 Å². The average molecular weight is 130 g/mol. The maximum Gasteiger partial charge on any atom is 0.507 e. The lowest BCUT2D eigenvalue weighted by atomic mass is 10.9. The van der Waals surface area contributed by atoms with Crippen molar-refractivity contribution in [3.05, 3.63) is 0 Å².